The van der Waals surface area contributed by atoms with Crippen LogP contribution in [0.1, 0.15) is 17.4 Å². The summed E-state index contributed by atoms with van der Waals surface area (Å²) in [5.74, 6) is 0.726. The van der Waals surface area contributed by atoms with Crippen molar-refractivity contribution in [3.05, 3.63) is 60.0 Å². The molecule has 1 aliphatic rings. The molecule has 7 nitrogen and oxygen atoms in total. The molecule has 0 unspecified atom stereocenters. The molecular formula is C17H18N4O3S. The quantitative estimate of drug-likeness (QED) is 0.749. The molecule has 130 valence electrons. The Morgan fingerprint density at radius 2 is 2.04 bits per heavy atom. The van der Waals surface area contributed by atoms with Gasteiger partial charge in [-0.2, -0.15) is 0 Å². The van der Waals surface area contributed by atoms with Gasteiger partial charge in [0.2, 0.25) is 10.0 Å². The van der Waals surface area contributed by atoms with Gasteiger partial charge in [-0.25, -0.2) is 23.1 Å². The third kappa shape index (κ3) is 3.41. The van der Waals surface area contributed by atoms with Gasteiger partial charge in [0.15, 0.2) is 5.65 Å². The Morgan fingerprint density at radius 1 is 1.20 bits per heavy atom. The fourth-order valence-corrected chi connectivity index (χ4v) is 4.22. The van der Waals surface area contributed by atoms with Crippen molar-refractivity contribution in [2.45, 2.75) is 18.4 Å². The monoisotopic (exact) mass is 358 g/mol. The number of nitrogens with zero attached hydrogens (tertiary/aromatic N) is 3. The molecule has 3 aromatic rings. The molecule has 0 bridgehead atoms. The Hall–Kier alpha value is -2.29. The summed E-state index contributed by atoms with van der Waals surface area (Å²) in [6.07, 6.45) is 1.71. The smallest absolute Gasteiger partial charge is 0.215 e. The van der Waals surface area contributed by atoms with Crippen molar-refractivity contribution in [3.63, 3.8) is 0 Å². The Bertz CT molecular complexity index is 986. The van der Waals surface area contributed by atoms with E-state index in [4.69, 9.17) is 4.74 Å². The maximum atomic E-state index is 12.4. The number of ether oxygens (including phenoxy) is 1. The number of sulfonamides is 1. The van der Waals surface area contributed by atoms with Crippen molar-refractivity contribution >= 4 is 21.2 Å². The number of hydrogen-bond donors (Lipinski definition) is 1. The van der Waals surface area contributed by atoms with Gasteiger partial charge in [0.1, 0.15) is 17.9 Å². The van der Waals surface area contributed by atoms with Crippen molar-refractivity contribution in [1.82, 2.24) is 19.3 Å². The van der Waals surface area contributed by atoms with E-state index in [-0.39, 0.29) is 18.3 Å². The van der Waals surface area contributed by atoms with E-state index in [1.807, 2.05) is 34.9 Å². The fraction of sp³-hybridized carbons (Fsp3) is 0.294. The van der Waals surface area contributed by atoms with Gasteiger partial charge in [0.25, 0.3) is 0 Å². The van der Waals surface area contributed by atoms with Crippen LogP contribution in [0.15, 0.2) is 48.7 Å². The standard InChI is InChI=1S/C17H18N4O3S/c22-25(23,12-13-5-2-1-3-6-13)19-9-14-10-24-11-16-20-15-7-4-8-18-17(15)21(14)16/h1-8,14,19H,9-12H2/t14-/m0/s1. The van der Waals surface area contributed by atoms with Crippen molar-refractivity contribution in [3.8, 4) is 0 Å². The van der Waals surface area contributed by atoms with Crippen LogP contribution in [0.2, 0.25) is 0 Å². The lowest BCUT2D eigenvalue weighted by atomic mass is 10.2. The molecule has 4 rings (SSSR count). The maximum absolute atomic E-state index is 12.4. The summed E-state index contributed by atoms with van der Waals surface area (Å²) >= 11 is 0. The molecule has 0 saturated carbocycles. The van der Waals surface area contributed by atoms with Gasteiger partial charge in [0, 0.05) is 12.7 Å². The van der Waals surface area contributed by atoms with Crippen molar-refractivity contribution in [1.29, 1.82) is 0 Å². The maximum Gasteiger partial charge on any atom is 0.215 e. The van der Waals surface area contributed by atoms with E-state index in [1.165, 1.54) is 0 Å². The molecular weight excluding hydrogens is 340 g/mol. The fourth-order valence-electron chi connectivity index (χ4n) is 3.04. The second kappa shape index (κ2) is 6.55. The molecule has 1 aromatic carbocycles. The highest BCUT2D eigenvalue weighted by Gasteiger charge is 2.26. The molecule has 0 aliphatic carbocycles. The van der Waals surface area contributed by atoms with Crippen LogP contribution in [0.3, 0.4) is 0 Å². The molecule has 3 heterocycles. The van der Waals surface area contributed by atoms with E-state index in [0.717, 1.165) is 22.6 Å². The molecule has 0 amide bonds. The molecule has 8 heteroatoms. The minimum atomic E-state index is -3.43. The van der Waals surface area contributed by atoms with Crippen LogP contribution >= 0.6 is 0 Å². The van der Waals surface area contributed by atoms with Crippen LogP contribution in [0.5, 0.6) is 0 Å². The van der Waals surface area contributed by atoms with Crippen molar-refractivity contribution in [2.75, 3.05) is 13.2 Å². The Labute approximate surface area is 145 Å². The van der Waals surface area contributed by atoms with Crippen LogP contribution in [-0.4, -0.2) is 36.1 Å². The van der Waals surface area contributed by atoms with Gasteiger partial charge >= 0.3 is 0 Å². The lowest BCUT2D eigenvalue weighted by Crippen LogP contribution is -2.36. The largest absolute Gasteiger partial charge is 0.371 e. The van der Waals surface area contributed by atoms with E-state index >= 15 is 0 Å². The van der Waals surface area contributed by atoms with Crippen LogP contribution in [0.25, 0.3) is 11.2 Å². The average Bonchev–Trinajstić information content (AvgIpc) is 3.00. The van der Waals surface area contributed by atoms with Gasteiger partial charge in [-0.3, -0.25) is 0 Å². The summed E-state index contributed by atoms with van der Waals surface area (Å²) in [5, 5.41) is 0. The highest BCUT2D eigenvalue weighted by atomic mass is 32.2. The minimum Gasteiger partial charge on any atom is -0.371 e. The highest BCUT2D eigenvalue weighted by Crippen LogP contribution is 2.24. The van der Waals surface area contributed by atoms with Gasteiger partial charge in [-0.1, -0.05) is 30.3 Å². The van der Waals surface area contributed by atoms with Crippen LogP contribution in [0, 0.1) is 0 Å². The molecule has 2 aromatic heterocycles. The molecule has 1 atom stereocenters. The zero-order chi connectivity index (χ0) is 17.3. The van der Waals surface area contributed by atoms with Gasteiger partial charge in [-0.05, 0) is 17.7 Å². The number of fused-ring (bicyclic) bond motifs is 3. The average molecular weight is 358 g/mol. The van der Waals surface area contributed by atoms with E-state index in [0.29, 0.717) is 13.2 Å². The van der Waals surface area contributed by atoms with Crippen LogP contribution in [0.4, 0.5) is 0 Å². The van der Waals surface area contributed by atoms with Gasteiger partial charge in [0.05, 0.1) is 18.4 Å². The van der Waals surface area contributed by atoms with Crippen LogP contribution in [-0.2, 0) is 27.1 Å². The second-order valence-corrected chi connectivity index (χ2v) is 7.81. The lowest BCUT2D eigenvalue weighted by Gasteiger charge is -2.25. The number of rotatable bonds is 5. The predicted molar refractivity (Wildman–Crippen MR) is 93.3 cm³/mol. The zero-order valence-electron chi connectivity index (χ0n) is 13.5. The zero-order valence-corrected chi connectivity index (χ0v) is 14.3. The van der Waals surface area contributed by atoms with E-state index in [2.05, 4.69) is 14.7 Å². The summed E-state index contributed by atoms with van der Waals surface area (Å²) in [5.41, 5.74) is 2.30. The first kappa shape index (κ1) is 16.2. The number of aromatic nitrogens is 3. The number of imidazole rings is 1. The van der Waals surface area contributed by atoms with E-state index in [9.17, 15) is 8.42 Å². The van der Waals surface area contributed by atoms with Crippen molar-refractivity contribution in [2.24, 2.45) is 0 Å². The second-order valence-electron chi connectivity index (χ2n) is 6.01. The summed E-state index contributed by atoms with van der Waals surface area (Å²) in [6.45, 7) is 1.07. The molecule has 1 N–H and O–H groups in total. The Morgan fingerprint density at radius 3 is 2.88 bits per heavy atom. The molecule has 0 fully saturated rings. The number of nitrogens with one attached hydrogen (secondary N) is 1. The van der Waals surface area contributed by atoms with E-state index < -0.39 is 10.0 Å². The van der Waals surface area contributed by atoms with Crippen molar-refractivity contribution < 1.29 is 13.2 Å². The predicted octanol–water partition coefficient (Wildman–Crippen LogP) is 1.62. The Balaban J connectivity index is 1.53. The third-order valence-electron chi connectivity index (χ3n) is 4.17. The summed E-state index contributed by atoms with van der Waals surface area (Å²) < 4.78 is 35.0. The number of hydrogen-bond acceptors (Lipinski definition) is 5. The van der Waals surface area contributed by atoms with Crippen LogP contribution < -0.4 is 4.72 Å². The van der Waals surface area contributed by atoms with Gasteiger partial charge < -0.3 is 9.30 Å². The first-order valence-electron chi connectivity index (χ1n) is 8.03. The number of benzene rings is 1. The first-order valence-corrected chi connectivity index (χ1v) is 9.68. The molecule has 0 spiro atoms. The normalized spacial score (nSPS) is 17.5. The summed E-state index contributed by atoms with van der Waals surface area (Å²) in [6, 6.07) is 12.7. The van der Waals surface area contributed by atoms with E-state index in [1.54, 1.807) is 18.3 Å². The molecule has 1 aliphatic heterocycles. The first-order chi connectivity index (χ1) is 12.1. The summed E-state index contributed by atoms with van der Waals surface area (Å²) in [7, 11) is -3.43. The highest BCUT2D eigenvalue weighted by molar-refractivity contribution is 7.88. The topological polar surface area (TPSA) is 86.1 Å². The summed E-state index contributed by atoms with van der Waals surface area (Å²) in [4.78, 5) is 8.90. The third-order valence-corrected chi connectivity index (χ3v) is 5.49. The van der Waals surface area contributed by atoms with Gasteiger partial charge in [-0.15, -0.1) is 0 Å². The SMILES string of the molecule is O=S(=O)(Cc1ccccc1)NC[C@H]1COCc2nc3cccnc3n21. The Kier molecular flexibility index (Phi) is 4.24. The molecule has 25 heavy (non-hydrogen) atoms. The molecule has 0 saturated heterocycles. The minimum absolute atomic E-state index is 0.0444. The number of pyridine rings is 1. The molecule has 0 radical (unpaired) electrons. The lowest BCUT2D eigenvalue weighted by molar-refractivity contribution is 0.0578.